The van der Waals surface area contributed by atoms with Crippen molar-refractivity contribution in [2.24, 2.45) is 11.3 Å². The number of carboxylic acid groups (broad SMARTS) is 1. The fraction of sp³-hybridized carbons (Fsp3) is 0.529. The number of amides is 2. The molecule has 0 spiro atoms. The minimum absolute atomic E-state index is 0.0534. The molecule has 2 amide bonds. The number of carbonyl (C=O) groups excluding carboxylic acids is 1. The number of nitrogens with zero attached hydrogens (tertiary/aromatic N) is 1. The summed E-state index contributed by atoms with van der Waals surface area (Å²) in [6, 6.07) is 6.51. The first-order valence-electron chi connectivity index (χ1n) is 7.64. The van der Waals surface area contributed by atoms with Crippen LogP contribution in [-0.4, -0.2) is 35.1 Å². The van der Waals surface area contributed by atoms with E-state index in [2.05, 4.69) is 26.1 Å². The van der Waals surface area contributed by atoms with E-state index in [1.165, 1.54) is 0 Å². The van der Waals surface area contributed by atoms with Gasteiger partial charge in [0.25, 0.3) is 0 Å². The number of likely N-dealkylation sites (tertiary alicyclic amines) is 1. The van der Waals surface area contributed by atoms with Gasteiger partial charge in [0.15, 0.2) is 0 Å². The summed E-state index contributed by atoms with van der Waals surface area (Å²) < 4.78 is 0. The van der Waals surface area contributed by atoms with Crippen LogP contribution in [0.5, 0.6) is 0 Å². The van der Waals surface area contributed by atoms with Crippen LogP contribution in [0.3, 0.4) is 0 Å². The number of carbonyl (C=O) groups is 2. The topological polar surface area (TPSA) is 69.6 Å². The maximum atomic E-state index is 12.3. The number of hydrogen-bond donors (Lipinski definition) is 2. The molecule has 0 radical (unpaired) electrons. The normalized spacial score (nSPS) is 20.5. The highest BCUT2D eigenvalue weighted by Crippen LogP contribution is 2.34. The van der Waals surface area contributed by atoms with Crippen molar-refractivity contribution in [3.63, 3.8) is 0 Å². The van der Waals surface area contributed by atoms with Crippen LogP contribution >= 0.6 is 0 Å². The zero-order valence-corrected chi connectivity index (χ0v) is 13.4. The molecule has 120 valence electrons. The summed E-state index contributed by atoms with van der Waals surface area (Å²) in [7, 11) is 0. The molecule has 1 atom stereocenters. The van der Waals surface area contributed by atoms with Gasteiger partial charge in [-0.1, -0.05) is 32.9 Å². The summed E-state index contributed by atoms with van der Waals surface area (Å²) in [4.78, 5) is 24.9. The number of aromatic carboxylic acids is 1. The summed E-state index contributed by atoms with van der Waals surface area (Å²) in [5.41, 5.74) is 1.28. The Bertz CT molecular complexity index is 552. The third-order valence-electron chi connectivity index (χ3n) is 4.70. The number of benzene rings is 1. The van der Waals surface area contributed by atoms with Gasteiger partial charge < -0.3 is 15.3 Å². The molecular formula is C17H24N2O3. The van der Waals surface area contributed by atoms with Crippen LogP contribution in [0.2, 0.25) is 0 Å². The minimum Gasteiger partial charge on any atom is -0.478 e. The second kappa shape index (κ2) is 6.38. The van der Waals surface area contributed by atoms with Crippen LogP contribution < -0.4 is 5.32 Å². The smallest absolute Gasteiger partial charge is 0.335 e. The van der Waals surface area contributed by atoms with Crippen LogP contribution in [-0.2, 0) is 6.54 Å². The van der Waals surface area contributed by atoms with Gasteiger partial charge in [0.1, 0.15) is 0 Å². The summed E-state index contributed by atoms with van der Waals surface area (Å²) >= 11 is 0. The molecule has 5 heteroatoms. The molecule has 22 heavy (non-hydrogen) atoms. The molecule has 5 nitrogen and oxygen atoms in total. The van der Waals surface area contributed by atoms with Gasteiger partial charge in [0, 0.05) is 19.6 Å². The minimum atomic E-state index is -0.944. The number of nitrogens with one attached hydrogen (secondary N) is 1. The van der Waals surface area contributed by atoms with Crippen molar-refractivity contribution < 1.29 is 14.7 Å². The molecule has 1 aliphatic rings. The van der Waals surface area contributed by atoms with E-state index in [0.29, 0.717) is 12.5 Å². The van der Waals surface area contributed by atoms with Crippen LogP contribution in [0, 0.1) is 11.3 Å². The lowest BCUT2D eigenvalue weighted by Gasteiger charge is -2.42. The van der Waals surface area contributed by atoms with E-state index >= 15 is 0 Å². The average Bonchev–Trinajstić information content (AvgIpc) is 2.48. The maximum absolute atomic E-state index is 12.3. The van der Waals surface area contributed by atoms with E-state index in [1.54, 1.807) is 24.3 Å². The van der Waals surface area contributed by atoms with Crippen molar-refractivity contribution in [2.45, 2.75) is 33.7 Å². The fourth-order valence-electron chi connectivity index (χ4n) is 2.70. The molecule has 2 N–H and O–H groups in total. The Morgan fingerprint density at radius 2 is 1.95 bits per heavy atom. The second-order valence-electron chi connectivity index (χ2n) is 6.76. The van der Waals surface area contributed by atoms with Gasteiger partial charge in [-0.05, 0) is 35.4 Å². The van der Waals surface area contributed by atoms with Crippen LogP contribution in [0.15, 0.2) is 24.3 Å². The van der Waals surface area contributed by atoms with Gasteiger partial charge in [-0.3, -0.25) is 0 Å². The van der Waals surface area contributed by atoms with E-state index < -0.39 is 5.97 Å². The summed E-state index contributed by atoms with van der Waals surface area (Å²) in [6.45, 7) is 8.58. The lowest BCUT2D eigenvalue weighted by molar-refractivity contribution is 0.0696. The highest BCUT2D eigenvalue weighted by Gasteiger charge is 2.34. The third-order valence-corrected chi connectivity index (χ3v) is 4.70. The lowest BCUT2D eigenvalue weighted by atomic mass is 9.75. The SMILES string of the molecule is CC1CCN(C(=O)NCc2ccc(C(=O)O)cc2)CC1(C)C. The van der Waals surface area contributed by atoms with Crippen molar-refractivity contribution in [2.75, 3.05) is 13.1 Å². The summed E-state index contributed by atoms with van der Waals surface area (Å²) in [5.74, 6) is -0.333. The van der Waals surface area contributed by atoms with E-state index in [9.17, 15) is 9.59 Å². The monoisotopic (exact) mass is 304 g/mol. The van der Waals surface area contributed by atoms with Crippen molar-refractivity contribution in [3.8, 4) is 0 Å². The Labute approximate surface area is 131 Å². The Morgan fingerprint density at radius 1 is 1.32 bits per heavy atom. The van der Waals surface area contributed by atoms with Crippen LogP contribution in [0.4, 0.5) is 4.79 Å². The fourth-order valence-corrected chi connectivity index (χ4v) is 2.70. The summed E-state index contributed by atoms with van der Waals surface area (Å²) in [5, 5.41) is 11.8. The zero-order chi connectivity index (χ0) is 16.3. The Hall–Kier alpha value is -2.04. The summed E-state index contributed by atoms with van der Waals surface area (Å²) in [6.07, 6.45) is 1.02. The van der Waals surface area contributed by atoms with Crippen LogP contribution in [0.25, 0.3) is 0 Å². The Morgan fingerprint density at radius 3 is 2.50 bits per heavy atom. The van der Waals surface area contributed by atoms with Crippen molar-refractivity contribution >= 4 is 12.0 Å². The van der Waals surface area contributed by atoms with E-state index in [1.807, 2.05) is 4.90 Å². The van der Waals surface area contributed by atoms with Crippen LogP contribution in [0.1, 0.15) is 43.1 Å². The molecule has 0 aromatic heterocycles. The van der Waals surface area contributed by atoms with Gasteiger partial charge in [0.05, 0.1) is 5.56 Å². The molecule has 0 bridgehead atoms. The highest BCUT2D eigenvalue weighted by atomic mass is 16.4. The largest absolute Gasteiger partial charge is 0.478 e. The maximum Gasteiger partial charge on any atom is 0.335 e. The Kier molecular flexibility index (Phi) is 4.74. The standard InChI is InChI=1S/C17H24N2O3/c1-12-8-9-19(11-17(12,2)3)16(22)18-10-13-4-6-14(7-5-13)15(20)21/h4-7,12H,8-11H2,1-3H3,(H,18,22)(H,20,21). The molecule has 0 saturated carbocycles. The molecule has 0 aliphatic carbocycles. The first-order valence-corrected chi connectivity index (χ1v) is 7.64. The van der Waals surface area contributed by atoms with Crippen molar-refractivity contribution in [1.29, 1.82) is 0 Å². The Balaban J connectivity index is 1.89. The number of carboxylic acids is 1. The van der Waals surface area contributed by atoms with Gasteiger partial charge in [-0.2, -0.15) is 0 Å². The van der Waals surface area contributed by atoms with E-state index in [0.717, 1.165) is 25.1 Å². The number of piperidine rings is 1. The molecule has 1 aliphatic heterocycles. The molecule has 1 fully saturated rings. The molecular weight excluding hydrogens is 280 g/mol. The lowest BCUT2D eigenvalue weighted by Crippen LogP contribution is -2.50. The number of hydrogen-bond acceptors (Lipinski definition) is 2. The first-order chi connectivity index (χ1) is 10.3. The van der Waals surface area contributed by atoms with Gasteiger partial charge in [-0.25, -0.2) is 9.59 Å². The average molecular weight is 304 g/mol. The van der Waals surface area contributed by atoms with Crippen molar-refractivity contribution in [1.82, 2.24) is 10.2 Å². The molecule has 1 saturated heterocycles. The van der Waals surface area contributed by atoms with Gasteiger partial charge in [0.2, 0.25) is 0 Å². The molecule has 1 unspecified atom stereocenters. The van der Waals surface area contributed by atoms with Crippen molar-refractivity contribution in [3.05, 3.63) is 35.4 Å². The number of rotatable bonds is 3. The predicted molar refractivity (Wildman–Crippen MR) is 84.8 cm³/mol. The second-order valence-corrected chi connectivity index (χ2v) is 6.76. The zero-order valence-electron chi connectivity index (χ0n) is 13.4. The first kappa shape index (κ1) is 16.3. The van der Waals surface area contributed by atoms with E-state index in [-0.39, 0.29) is 17.0 Å². The third kappa shape index (κ3) is 3.78. The van der Waals surface area contributed by atoms with E-state index in [4.69, 9.17) is 5.11 Å². The highest BCUT2D eigenvalue weighted by molar-refractivity contribution is 5.87. The molecule has 2 rings (SSSR count). The molecule has 1 aromatic carbocycles. The van der Waals surface area contributed by atoms with Gasteiger partial charge >= 0.3 is 12.0 Å². The molecule has 1 aromatic rings. The number of urea groups is 1. The molecule has 1 heterocycles. The predicted octanol–water partition coefficient (Wildman–Crippen LogP) is 2.96. The van der Waals surface area contributed by atoms with Gasteiger partial charge in [-0.15, -0.1) is 0 Å². The quantitative estimate of drug-likeness (QED) is 0.902.